The SMILES string of the molecule is COc1cc(F)cc(-c2ccnc3nc(-c4n[nH]c5ccc(-c6cncc(N7CC(N)C7)n6)cc45)[nH]c23)c1. The van der Waals surface area contributed by atoms with Crippen LogP contribution >= 0.6 is 0 Å². The van der Waals surface area contributed by atoms with E-state index in [4.69, 9.17) is 20.4 Å². The number of anilines is 1. The van der Waals surface area contributed by atoms with Gasteiger partial charge in [-0.2, -0.15) is 5.10 Å². The first kappa shape index (κ1) is 22.3. The van der Waals surface area contributed by atoms with Gasteiger partial charge in [-0.3, -0.25) is 10.1 Å². The number of nitrogens with zero attached hydrogens (tertiary/aromatic N) is 6. The predicted octanol–water partition coefficient (Wildman–Crippen LogP) is 3.92. The summed E-state index contributed by atoms with van der Waals surface area (Å²) < 4.78 is 19.5. The lowest BCUT2D eigenvalue weighted by Crippen LogP contribution is -2.56. The second-order valence-electron chi connectivity index (χ2n) is 9.28. The van der Waals surface area contributed by atoms with E-state index in [1.807, 2.05) is 24.3 Å². The molecule has 1 saturated heterocycles. The molecule has 1 aliphatic heterocycles. The molecule has 4 aromatic heterocycles. The minimum absolute atomic E-state index is 0.173. The number of hydrogen-bond donors (Lipinski definition) is 3. The van der Waals surface area contributed by atoms with Crippen LogP contribution in [0.25, 0.3) is 56.0 Å². The molecule has 38 heavy (non-hydrogen) atoms. The lowest BCUT2D eigenvalue weighted by Gasteiger charge is -2.37. The lowest BCUT2D eigenvalue weighted by atomic mass is 10.1. The molecule has 5 heterocycles. The molecule has 0 spiro atoms. The zero-order valence-corrected chi connectivity index (χ0v) is 20.3. The van der Waals surface area contributed by atoms with Crippen LogP contribution in [0.3, 0.4) is 0 Å². The van der Waals surface area contributed by atoms with Crippen molar-refractivity contribution in [1.29, 1.82) is 0 Å². The number of imidazole rings is 1. The zero-order chi connectivity index (χ0) is 25.8. The number of rotatable bonds is 5. The Kier molecular flexibility index (Phi) is 5.05. The fraction of sp³-hybridized carbons (Fsp3) is 0.148. The molecule has 4 N–H and O–H groups in total. The van der Waals surface area contributed by atoms with E-state index >= 15 is 0 Å². The van der Waals surface area contributed by atoms with E-state index in [9.17, 15) is 4.39 Å². The Labute approximate surface area is 215 Å². The molecule has 0 aliphatic carbocycles. The van der Waals surface area contributed by atoms with Crippen LogP contribution in [0.5, 0.6) is 5.75 Å². The Morgan fingerprint density at radius 2 is 1.95 bits per heavy atom. The molecular formula is C27H22FN9O. The standard InChI is InChI=1S/C27H22FN9O/c1-38-18-7-15(6-16(28)9-18)19-4-5-31-26-24(19)33-27(34-26)25-20-8-14(2-3-21(20)35-36-25)22-10-30-11-23(32-22)37-12-17(29)13-37/h2-11,17H,12-13,29H2,1H3,(H,35,36)(H,31,33,34). The average molecular weight is 508 g/mol. The molecule has 0 bridgehead atoms. The van der Waals surface area contributed by atoms with Gasteiger partial charge in [0.15, 0.2) is 11.5 Å². The number of aromatic amines is 2. The number of H-pyrrole nitrogens is 2. The van der Waals surface area contributed by atoms with Crippen molar-refractivity contribution in [3.8, 4) is 39.7 Å². The van der Waals surface area contributed by atoms with Crippen molar-refractivity contribution >= 4 is 27.9 Å². The van der Waals surface area contributed by atoms with E-state index in [1.54, 1.807) is 24.7 Å². The average Bonchev–Trinajstić information content (AvgIpc) is 3.54. The van der Waals surface area contributed by atoms with Crippen LogP contribution in [-0.2, 0) is 0 Å². The topological polar surface area (TPSA) is 135 Å². The highest BCUT2D eigenvalue weighted by molar-refractivity contribution is 5.97. The van der Waals surface area contributed by atoms with E-state index in [-0.39, 0.29) is 11.9 Å². The number of fused-ring (bicyclic) bond motifs is 2. The minimum atomic E-state index is -0.390. The smallest absolute Gasteiger partial charge is 0.178 e. The van der Waals surface area contributed by atoms with Gasteiger partial charge in [-0.15, -0.1) is 0 Å². The molecule has 11 heteroatoms. The highest BCUT2D eigenvalue weighted by Gasteiger charge is 2.25. The van der Waals surface area contributed by atoms with Crippen LogP contribution in [0.4, 0.5) is 10.2 Å². The summed E-state index contributed by atoms with van der Waals surface area (Å²) in [6, 6.07) is 12.5. The van der Waals surface area contributed by atoms with Gasteiger partial charge in [-0.05, 0) is 35.9 Å². The monoisotopic (exact) mass is 507 g/mol. The molecule has 6 aromatic rings. The Hall–Kier alpha value is -4.90. The van der Waals surface area contributed by atoms with Crippen molar-refractivity contribution in [2.24, 2.45) is 5.73 Å². The molecule has 7 rings (SSSR count). The first-order valence-electron chi connectivity index (χ1n) is 12.1. The number of halogens is 1. The Balaban J connectivity index is 1.30. The van der Waals surface area contributed by atoms with Gasteiger partial charge < -0.3 is 20.4 Å². The van der Waals surface area contributed by atoms with Gasteiger partial charge in [0.2, 0.25) is 0 Å². The first-order chi connectivity index (χ1) is 18.6. The van der Waals surface area contributed by atoms with E-state index in [0.717, 1.165) is 46.6 Å². The van der Waals surface area contributed by atoms with Crippen molar-refractivity contribution in [1.82, 2.24) is 35.1 Å². The molecule has 0 atom stereocenters. The molecule has 1 aliphatic rings. The lowest BCUT2D eigenvalue weighted by molar-refractivity contribution is 0.411. The quantitative estimate of drug-likeness (QED) is 0.320. The van der Waals surface area contributed by atoms with Gasteiger partial charge in [-0.1, -0.05) is 6.07 Å². The summed E-state index contributed by atoms with van der Waals surface area (Å²) >= 11 is 0. The van der Waals surface area contributed by atoms with Crippen molar-refractivity contribution in [3.63, 3.8) is 0 Å². The van der Waals surface area contributed by atoms with Gasteiger partial charge in [0, 0.05) is 47.9 Å². The van der Waals surface area contributed by atoms with Gasteiger partial charge in [0.1, 0.15) is 23.1 Å². The van der Waals surface area contributed by atoms with Crippen LogP contribution in [-0.4, -0.2) is 61.4 Å². The Morgan fingerprint density at radius 1 is 1.05 bits per heavy atom. The highest BCUT2D eigenvalue weighted by Crippen LogP contribution is 2.34. The molecule has 188 valence electrons. The molecule has 0 saturated carbocycles. The molecule has 0 amide bonds. The maximum absolute atomic E-state index is 14.2. The van der Waals surface area contributed by atoms with Crippen LogP contribution < -0.4 is 15.4 Å². The summed E-state index contributed by atoms with van der Waals surface area (Å²) in [4.78, 5) is 23.8. The van der Waals surface area contributed by atoms with E-state index in [0.29, 0.717) is 34.0 Å². The summed E-state index contributed by atoms with van der Waals surface area (Å²) in [6.45, 7) is 1.54. The number of benzene rings is 2. The maximum Gasteiger partial charge on any atom is 0.178 e. The highest BCUT2D eigenvalue weighted by atomic mass is 19.1. The van der Waals surface area contributed by atoms with Crippen molar-refractivity contribution in [2.45, 2.75) is 6.04 Å². The second kappa shape index (κ2) is 8.60. The first-order valence-corrected chi connectivity index (χ1v) is 12.1. The molecule has 2 aromatic carbocycles. The molecule has 1 fully saturated rings. The largest absolute Gasteiger partial charge is 0.497 e. The summed E-state index contributed by atoms with van der Waals surface area (Å²) in [6.07, 6.45) is 5.15. The van der Waals surface area contributed by atoms with E-state index < -0.39 is 0 Å². The zero-order valence-electron chi connectivity index (χ0n) is 20.3. The van der Waals surface area contributed by atoms with Crippen LogP contribution in [0, 0.1) is 5.82 Å². The van der Waals surface area contributed by atoms with Gasteiger partial charge >= 0.3 is 0 Å². The summed E-state index contributed by atoms with van der Waals surface area (Å²) in [5.41, 5.74) is 11.7. The third-order valence-corrected chi connectivity index (χ3v) is 6.75. The number of nitrogens with one attached hydrogen (secondary N) is 2. The maximum atomic E-state index is 14.2. The van der Waals surface area contributed by atoms with E-state index in [2.05, 4.69) is 30.0 Å². The number of ether oxygens (including phenoxy) is 1. The third-order valence-electron chi connectivity index (χ3n) is 6.75. The van der Waals surface area contributed by atoms with Gasteiger partial charge in [0.05, 0.1) is 36.2 Å². The van der Waals surface area contributed by atoms with Crippen LogP contribution in [0.1, 0.15) is 0 Å². The predicted molar refractivity (Wildman–Crippen MR) is 142 cm³/mol. The number of methoxy groups -OCH3 is 1. The summed E-state index contributed by atoms with van der Waals surface area (Å²) in [5.74, 6) is 1.39. The van der Waals surface area contributed by atoms with Crippen LogP contribution in [0.2, 0.25) is 0 Å². The van der Waals surface area contributed by atoms with Gasteiger partial charge in [0.25, 0.3) is 0 Å². The van der Waals surface area contributed by atoms with E-state index in [1.165, 1.54) is 19.2 Å². The van der Waals surface area contributed by atoms with Gasteiger partial charge in [-0.25, -0.2) is 19.3 Å². The summed E-state index contributed by atoms with van der Waals surface area (Å²) in [7, 11) is 1.51. The Morgan fingerprint density at radius 3 is 2.79 bits per heavy atom. The van der Waals surface area contributed by atoms with Crippen LogP contribution in [0.15, 0.2) is 61.1 Å². The normalized spacial score (nSPS) is 13.8. The molecule has 10 nitrogen and oxygen atoms in total. The third kappa shape index (κ3) is 3.71. The number of hydrogen-bond acceptors (Lipinski definition) is 8. The fourth-order valence-corrected chi connectivity index (χ4v) is 4.80. The molecule has 0 unspecified atom stereocenters. The molecule has 0 radical (unpaired) electrons. The molecular weight excluding hydrogens is 485 g/mol. The van der Waals surface area contributed by atoms with Crippen molar-refractivity contribution < 1.29 is 9.13 Å². The number of nitrogens with two attached hydrogens (primary N) is 1. The van der Waals surface area contributed by atoms with Crippen molar-refractivity contribution in [2.75, 3.05) is 25.1 Å². The Bertz CT molecular complexity index is 1820. The number of aromatic nitrogens is 7. The second-order valence-corrected chi connectivity index (χ2v) is 9.28. The summed E-state index contributed by atoms with van der Waals surface area (Å²) in [5, 5.41) is 8.48. The number of pyridine rings is 1. The fourth-order valence-electron chi connectivity index (χ4n) is 4.80. The van der Waals surface area contributed by atoms with Crippen molar-refractivity contribution in [3.05, 3.63) is 66.9 Å². The minimum Gasteiger partial charge on any atom is -0.497 e.